The molecule has 0 aromatic rings. The molecule has 72 valence electrons. The third-order valence-electron chi connectivity index (χ3n) is 1.39. The van der Waals surface area contributed by atoms with Gasteiger partial charge in [0.15, 0.2) is 5.78 Å². The molecule has 0 aliphatic carbocycles. The van der Waals surface area contributed by atoms with E-state index in [0.717, 1.165) is 0 Å². The van der Waals surface area contributed by atoms with Crippen molar-refractivity contribution in [3.05, 3.63) is 0 Å². The van der Waals surface area contributed by atoms with Gasteiger partial charge in [-0.05, 0) is 0 Å². The molecule has 0 bridgehead atoms. The minimum absolute atomic E-state index is 0.767. The zero-order chi connectivity index (χ0) is 9.72. The average molecular weight is 180 g/mol. The van der Waals surface area contributed by atoms with Crippen LogP contribution in [0.5, 0.6) is 0 Å². The Balaban J connectivity index is 4.08. The van der Waals surface area contributed by atoms with Crippen LogP contribution in [0.3, 0.4) is 0 Å². The Bertz CT molecular complexity index is 147. The lowest BCUT2D eigenvalue weighted by Crippen LogP contribution is -2.44. The van der Waals surface area contributed by atoms with Crippen molar-refractivity contribution >= 4 is 5.78 Å². The second-order valence-corrected chi connectivity index (χ2v) is 2.31. The highest BCUT2D eigenvalue weighted by Gasteiger charge is 2.28. The smallest absolute Gasteiger partial charge is 0.189 e. The number of ketones is 1. The van der Waals surface area contributed by atoms with E-state index in [1.807, 2.05) is 0 Å². The highest BCUT2D eigenvalue weighted by atomic mass is 16.4. The molecule has 0 heterocycles. The van der Waals surface area contributed by atoms with Gasteiger partial charge in [0, 0.05) is 0 Å². The van der Waals surface area contributed by atoms with E-state index in [1.165, 1.54) is 0 Å². The van der Waals surface area contributed by atoms with Gasteiger partial charge in [0.1, 0.15) is 24.9 Å². The second kappa shape index (κ2) is 5.18. The van der Waals surface area contributed by atoms with Crippen LogP contribution >= 0.6 is 0 Å². The first-order chi connectivity index (χ1) is 5.54. The van der Waals surface area contributed by atoms with Gasteiger partial charge in [-0.15, -0.1) is 0 Å². The van der Waals surface area contributed by atoms with E-state index in [-0.39, 0.29) is 0 Å². The molecule has 0 aliphatic rings. The van der Waals surface area contributed by atoms with Crippen LogP contribution in [0.25, 0.3) is 0 Å². The van der Waals surface area contributed by atoms with Gasteiger partial charge >= 0.3 is 0 Å². The van der Waals surface area contributed by atoms with Crippen molar-refractivity contribution < 1.29 is 30.3 Å². The van der Waals surface area contributed by atoms with Crippen molar-refractivity contribution in [3.63, 3.8) is 0 Å². The summed E-state index contributed by atoms with van der Waals surface area (Å²) in [5.74, 6) is -1.00. The van der Waals surface area contributed by atoms with Crippen LogP contribution in [0.15, 0.2) is 0 Å². The van der Waals surface area contributed by atoms with Crippen molar-refractivity contribution in [2.45, 2.75) is 18.3 Å². The number of Topliss-reactive ketones (excluding diaryl/α,β-unsaturated/α-hetero) is 1. The highest BCUT2D eigenvalue weighted by molar-refractivity contribution is 5.84. The summed E-state index contributed by atoms with van der Waals surface area (Å²) in [7, 11) is 0. The Morgan fingerprint density at radius 3 is 2.00 bits per heavy atom. The summed E-state index contributed by atoms with van der Waals surface area (Å²) in [6.07, 6.45) is -5.22. The molecule has 0 saturated heterocycles. The fourth-order valence-electron chi connectivity index (χ4n) is 0.602. The normalized spacial score (nSPS) is 18.4. The molecule has 0 saturated carbocycles. The Morgan fingerprint density at radius 1 is 1.17 bits per heavy atom. The molecule has 5 N–H and O–H groups in total. The maximum atomic E-state index is 10.5. The summed E-state index contributed by atoms with van der Waals surface area (Å²) in [5, 5.41) is 43.1. The number of hydrogen-bond acceptors (Lipinski definition) is 6. The lowest BCUT2D eigenvalue weighted by atomic mass is 10.1. The summed E-state index contributed by atoms with van der Waals surface area (Å²) in [4.78, 5) is 10.5. The summed E-state index contributed by atoms with van der Waals surface area (Å²) >= 11 is 0. The fourth-order valence-corrected chi connectivity index (χ4v) is 0.602. The second-order valence-electron chi connectivity index (χ2n) is 2.31. The van der Waals surface area contributed by atoms with Crippen molar-refractivity contribution in [2.75, 3.05) is 13.2 Å². The molecule has 0 amide bonds. The van der Waals surface area contributed by atoms with Crippen molar-refractivity contribution in [1.29, 1.82) is 0 Å². The van der Waals surface area contributed by atoms with E-state index in [2.05, 4.69) is 0 Å². The van der Waals surface area contributed by atoms with Crippen LogP contribution in [0, 0.1) is 0 Å². The van der Waals surface area contributed by atoms with Gasteiger partial charge in [0.05, 0.1) is 6.61 Å². The third kappa shape index (κ3) is 2.84. The first-order valence-electron chi connectivity index (χ1n) is 3.33. The highest BCUT2D eigenvalue weighted by Crippen LogP contribution is 2.00. The first-order valence-corrected chi connectivity index (χ1v) is 3.33. The molecule has 0 aromatic heterocycles. The van der Waals surface area contributed by atoms with E-state index in [0.29, 0.717) is 0 Å². The van der Waals surface area contributed by atoms with Gasteiger partial charge in [0.2, 0.25) is 0 Å². The first kappa shape index (κ1) is 11.5. The summed E-state index contributed by atoms with van der Waals surface area (Å²) in [6, 6.07) is 0. The van der Waals surface area contributed by atoms with Crippen molar-refractivity contribution in [1.82, 2.24) is 0 Å². The number of aliphatic hydroxyl groups excluding tert-OH is 5. The topological polar surface area (TPSA) is 118 Å². The number of hydrogen-bond donors (Lipinski definition) is 5. The fraction of sp³-hybridized carbons (Fsp3) is 0.833. The van der Waals surface area contributed by atoms with Gasteiger partial charge in [-0.25, -0.2) is 0 Å². The largest absolute Gasteiger partial charge is 0.394 e. The summed E-state index contributed by atoms with van der Waals surface area (Å²) in [5.41, 5.74) is 0. The minimum Gasteiger partial charge on any atom is -0.394 e. The Hall–Kier alpha value is -0.530. The molecule has 3 atom stereocenters. The van der Waals surface area contributed by atoms with E-state index >= 15 is 0 Å². The zero-order valence-electron chi connectivity index (χ0n) is 6.29. The summed E-state index contributed by atoms with van der Waals surface area (Å²) < 4.78 is 0. The SMILES string of the molecule is O=C(CO)C(O)C(O)[C@@H](O)CO. The van der Waals surface area contributed by atoms with E-state index in [9.17, 15) is 4.79 Å². The predicted molar refractivity (Wildman–Crippen MR) is 37.2 cm³/mol. The quantitative estimate of drug-likeness (QED) is 0.301. The van der Waals surface area contributed by atoms with Crippen LogP contribution in [0.2, 0.25) is 0 Å². The van der Waals surface area contributed by atoms with Gasteiger partial charge in [-0.1, -0.05) is 0 Å². The number of carbonyl (C=O) groups excluding carboxylic acids is 1. The maximum absolute atomic E-state index is 10.5. The van der Waals surface area contributed by atoms with E-state index < -0.39 is 37.3 Å². The van der Waals surface area contributed by atoms with Crippen LogP contribution in [-0.2, 0) is 4.79 Å². The van der Waals surface area contributed by atoms with Crippen molar-refractivity contribution in [2.24, 2.45) is 0 Å². The van der Waals surface area contributed by atoms with E-state index in [4.69, 9.17) is 25.5 Å². The molecular weight excluding hydrogens is 168 g/mol. The number of rotatable bonds is 5. The monoisotopic (exact) mass is 180 g/mol. The standard InChI is InChI=1S/C6H12O6/c7-1-3(9)5(11)6(12)4(10)2-8/h3,5-9,11-12H,1-2H2/t3-,5?,6?/m0/s1. The average Bonchev–Trinajstić information content (AvgIpc) is 2.12. The van der Waals surface area contributed by atoms with Gasteiger partial charge in [-0.3, -0.25) is 4.79 Å². The van der Waals surface area contributed by atoms with E-state index in [1.54, 1.807) is 0 Å². The van der Waals surface area contributed by atoms with Crippen LogP contribution in [0.1, 0.15) is 0 Å². The molecule has 0 aromatic carbocycles. The molecule has 0 rings (SSSR count). The van der Waals surface area contributed by atoms with Gasteiger partial charge < -0.3 is 25.5 Å². The molecular formula is C6H12O6. The molecule has 0 radical (unpaired) electrons. The molecule has 0 aliphatic heterocycles. The number of carbonyl (C=O) groups is 1. The lowest BCUT2D eigenvalue weighted by molar-refractivity contribution is -0.142. The molecule has 12 heavy (non-hydrogen) atoms. The Labute approximate surface area is 68.7 Å². The predicted octanol–water partition coefficient (Wildman–Crippen LogP) is -3.38. The van der Waals surface area contributed by atoms with Crippen LogP contribution in [0.4, 0.5) is 0 Å². The van der Waals surface area contributed by atoms with Gasteiger partial charge in [-0.2, -0.15) is 0 Å². The number of aliphatic hydroxyl groups is 5. The molecule has 0 fully saturated rings. The summed E-state index contributed by atoms with van der Waals surface area (Å²) in [6.45, 7) is -1.69. The molecule has 0 spiro atoms. The van der Waals surface area contributed by atoms with Gasteiger partial charge in [0.25, 0.3) is 0 Å². The molecule has 6 nitrogen and oxygen atoms in total. The minimum atomic E-state index is -1.86. The lowest BCUT2D eigenvalue weighted by Gasteiger charge is -2.19. The molecule has 2 unspecified atom stereocenters. The third-order valence-corrected chi connectivity index (χ3v) is 1.39. The maximum Gasteiger partial charge on any atom is 0.189 e. The van der Waals surface area contributed by atoms with Crippen LogP contribution in [-0.4, -0.2) is 62.8 Å². The zero-order valence-corrected chi connectivity index (χ0v) is 6.29. The molecule has 6 heteroatoms. The Kier molecular flexibility index (Phi) is 4.95. The Morgan fingerprint density at radius 2 is 1.67 bits per heavy atom. The van der Waals surface area contributed by atoms with Crippen molar-refractivity contribution in [3.8, 4) is 0 Å². The van der Waals surface area contributed by atoms with Crippen LogP contribution < -0.4 is 0 Å².